The fraction of sp³-hybridized carbons (Fsp3) is 0.923. The van der Waals surface area contributed by atoms with Gasteiger partial charge in [0.2, 0.25) is 0 Å². The van der Waals surface area contributed by atoms with Gasteiger partial charge >= 0.3 is 6.09 Å². The fourth-order valence-electron chi connectivity index (χ4n) is 1.46. The Hall–Kier alpha value is -0.770. The monoisotopic (exact) mass is 244 g/mol. The Morgan fingerprint density at radius 2 is 1.82 bits per heavy atom. The van der Waals surface area contributed by atoms with Gasteiger partial charge in [-0.25, -0.2) is 4.79 Å². The number of rotatable bonds is 5. The Morgan fingerprint density at radius 3 is 2.18 bits per heavy atom. The molecule has 1 amide bonds. The summed E-state index contributed by atoms with van der Waals surface area (Å²) in [5, 5.41) is 0. The minimum absolute atomic E-state index is 0.151. The molecule has 0 aromatic carbocycles. The van der Waals surface area contributed by atoms with Crippen LogP contribution in [0.5, 0.6) is 0 Å². The molecule has 0 rings (SSSR count). The standard InChI is InChI=1S/C13H28N2O2/c1-10(2)15(9-7-8-11(3)14)12(16)17-13(4,5)6/h10-11H,7-9,14H2,1-6H3/t11-/m1/s1. The van der Waals surface area contributed by atoms with Crippen molar-refractivity contribution in [3.05, 3.63) is 0 Å². The number of amides is 1. The van der Waals surface area contributed by atoms with E-state index < -0.39 is 5.60 Å². The van der Waals surface area contributed by atoms with Crippen molar-refractivity contribution in [1.29, 1.82) is 0 Å². The van der Waals surface area contributed by atoms with Crippen molar-refractivity contribution in [2.75, 3.05) is 6.54 Å². The summed E-state index contributed by atoms with van der Waals surface area (Å²) < 4.78 is 5.37. The minimum atomic E-state index is -0.439. The second kappa shape index (κ2) is 6.84. The van der Waals surface area contributed by atoms with Gasteiger partial charge in [0.25, 0.3) is 0 Å². The number of hydrogen-bond donors (Lipinski definition) is 1. The second-order valence-corrected chi connectivity index (χ2v) is 5.89. The first-order valence-corrected chi connectivity index (χ1v) is 6.38. The van der Waals surface area contributed by atoms with E-state index in [1.807, 2.05) is 41.5 Å². The third-order valence-electron chi connectivity index (χ3n) is 2.31. The van der Waals surface area contributed by atoms with Crippen molar-refractivity contribution in [3.63, 3.8) is 0 Å². The molecule has 4 heteroatoms. The van der Waals surface area contributed by atoms with Crippen LogP contribution in [0.15, 0.2) is 0 Å². The molecule has 0 aromatic rings. The highest BCUT2D eigenvalue weighted by atomic mass is 16.6. The van der Waals surface area contributed by atoms with Gasteiger partial charge in [-0.2, -0.15) is 0 Å². The Morgan fingerprint density at radius 1 is 1.29 bits per heavy atom. The van der Waals surface area contributed by atoms with Gasteiger partial charge in [0.05, 0.1) is 0 Å². The predicted octanol–water partition coefficient (Wildman–Crippen LogP) is 2.76. The van der Waals surface area contributed by atoms with Gasteiger partial charge in [0.15, 0.2) is 0 Å². The zero-order chi connectivity index (χ0) is 13.6. The van der Waals surface area contributed by atoms with Crippen molar-refractivity contribution in [2.24, 2.45) is 5.73 Å². The van der Waals surface area contributed by atoms with Gasteiger partial charge in [0.1, 0.15) is 5.60 Å². The molecule has 102 valence electrons. The second-order valence-electron chi connectivity index (χ2n) is 5.89. The molecule has 0 spiro atoms. The maximum absolute atomic E-state index is 11.9. The van der Waals surface area contributed by atoms with E-state index in [0.29, 0.717) is 6.54 Å². The van der Waals surface area contributed by atoms with Gasteiger partial charge in [-0.1, -0.05) is 0 Å². The summed E-state index contributed by atoms with van der Waals surface area (Å²) in [7, 11) is 0. The Labute approximate surface area is 105 Å². The lowest BCUT2D eigenvalue weighted by Gasteiger charge is -2.30. The van der Waals surface area contributed by atoms with E-state index in [-0.39, 0.29) is 18.2 Å². The lowest BCUT2D eigenvalue weighted by atomic mass is 10.2. The maximum atomic E-state index is 11.9. The van der Waals surface area contributed by atoms with Gasteiger partial charge in [0, 0.05) is 18.6 Å². The number of hydrogen-bond acceptors (Lipinski definition) is 3. The highest BCUT2D eigenvalue weighted by molar-refractivity contribution is 5.68. The van der Waals surface area contributed by atoms with E-state index >= 15 is 0 Å². The van der Waals surface area contributed by atoms with E-state index in [9.17, 15) is 4.79 Å². The average Bonchev–Trinajstić information content (AvgIpc) is 2.07. The zero-order valence-corrected chi connectivity index (χ0v) is 12.1. The largest absolute Gasteiger partial charge is 0.444 e. The van der Waals surface area contributed by atoms with Crippen molar-refractivity contribution in [1.82, 2.24) is 4.90 Å². The number of nitrogens with zero attached hydrogens (tertiary/aromatic N) is 1. The van der Waals surface area contributed by atoms with E-state index in [4.69, 9.17) is 10.5 Å². The number of carbonyl (C=O) groups excluding carboxylic acids is 1. The lowest BCUT2D eigenvalue weighted by Crippen LogP contribution is -2.41. The molecule has 1 atom stereocenters. The molecule has 0 aliphatic carbocycles. The van der Waals surface area contributed by atoms with Crippen LogP contribution < -0.4 is 5.73 Å². The first kappa shape index (κ1) is 16.2. The summed E-state index contributed by atoms with van der Waals surface area (Å²) >= 11 is 0. The SMILES string of the molecule is CC(C)N(CCC[C@@H](C)N)C(=O)OC(C)(C)C. The number of carbonyl (C=O) groups is 1. The topological polar surface area (TPSA) is 55.6 Å². The van der Waals surface area contributed by atoms with Crippen LogP contribution in [-0.2, 0) is 4.74 Å². The third kappa shape index (κ3) is 8.02. The Balaban J connectivity index is 4.28. The van der Waals surface area contributed by atoms with Crippen LogP contribution >= 0.6 is 0 Å². The molecule has 0 radical (unpaired) electrons. The van der Waals surface area contributed by atoms with E-state index in [0.717, 1.165) is 12.8 Å². The van der Waals surface area contributed by atoms with Crippen LogP contribution in [0.1, 0.15) is 54.4 Å². The van der Waals surface area contributed by atoms with Crippen LogP contribution in [0, 0.1) is 0 Å². The predicted molar refractivity (Wildman–Crippen MR) is 71.0 cm³/mol. The van der Waals surface area contributed by atoms with Crippen LogP contribution in [0.25, 0.3) is 0 Å². The van der Waals surface area contributed by atoms with E-state index in [1.165, 1.54) is 0 Å². The quantitative estimate of drug-likeness (QED) is 0.809. The molecule has 0 aliphatic heterocycles. The normalized spacial score (nSPS) is 13.6. The van der Waals surface area contributed by atoms with Crippen LogP contribution in [0.3, 0.4) is 0 Å². The average molecular weight is 244 g/mol. The molecule has 17 heavy (non-hydrogen) atoms. The third-order valence-corrected chi connectivity index (χ3v) is 2.31. The van der Waals surface area contributed by atoms with Crippen LogP contribution in [0.2, 0.25) is 0 Å². The van der Waals surface area contributed by atoms with Crippen LogP contribution in [-0.4, -0.2) is 35.2 Å². The first-order valence-electron chi connectivity index (χ1n) is 6.38. The molecule has 0 heterocycles. The molecule has 0 saturated carbocycles. The van der Waals surface area contributed by atoms with Crippen LogP contribution in [0.4, 0.5) is 4.79 Å². The maximum Gasteiger partial charge on any atom is 0.410 e. The zero-order valence-electron chi connectivity index (χ0n) is 12.1. The van der Waals surface area contributed by atoms with E-state index in [1.54, 1.807) is 4.90 Å². The van der Waals surface area contributed by atoms with Crippen molar-refractivity contribution < 1.29 is 9.53 Å². The van der Waals surface area contributed by atoms with Crippen molar-refractivity contribution in [2.45, 2.75) is 72.1 Å². The summed E-state index contributed by atoms with van der Waals surface area (Å²) in [6, 6.07) is 0.334. The molecule has 0 aliphatic rings. The minimum Gasteiger partial charge on any atom is -0.444 e. The molecule has 0 fully saturated rings. The Kier molecular flexibility index (Phi) is 6.53. The molecule has 2 N–H and O–H groups in total. The summed E-state index contributed by atoms with van der Waals surface area (Å²) in [6.07, 6.45) is 1.60. The molecule has 0 unspecified atom stereocenters. The number of nitrogens with two attached hydrogens (primary N) is 1. The van der Waals surface area contributed by atoms with Gasteiger partial charge in [-0.3, -0.25) is 0 Å². The first-order chi connectivity index (χ1) is 7.63. The fourth-order valence-corrected chi connectivity index (χ4v) is 1.46. The molecular weight excluding hydrogens is 216 g/mol. The van der Waals surface area contributed by atoms with E-state index in [2.05, 4.69) is 0 Å². The molecule has 0 aromatic heterocycles. The Bertz CT molecular complexity index is 232. The summed E-state index contributed by atoms with van der Waals surface area (Å²) in [5.41, 5.74) is 5.26. The number of ether oxygens (including phenoxy) is 1. The summed E-state index contributed by atoms with van der Waals surface area (Å²) in [6.45, 7) is 12.3. The summed E-state index contributed by atoms with van der Waals surface area (Å²) in [4.78, 5) is 13.7. The molecule has 0 saturated heterocycles. The summed E-state index contributed by atoms with van der Waals surface area (Å²) in [5.74, 6) is 0. The van der Waals surface area contributed by atoms with Crippen molar-refractivity contribution in [3.8, 4) is 0 Å². The highest BCUT2D eigenvalue weighted by Crippen LogP contribution is 2.12. The van der Waals surface area contributed by atoms with Gasteiger partial charge in [-0.05, 0) is 54.4 Å². The molecule has 4 nitrogen and oxygen atoms in total. The molecule has 0 bridgehead atoms. The smallest absolute Gasteiger partial charge is 0.410 e. The van der Waals surface area contributed by atoms with Gasteiger partial charge < -0.3 is 15.4 Å². The van der Waals surface area contributed by atoms with Gasteiger partial charge in [-0.15, -0.1) is 0 Å². The lowest BCUT2D eigenvalue weighted by molar-refractivity contribution is 0.0187. The highest BCUT2D eigenvalue weighted by Gasteiger charge is 2.23. The molecular formula is C13H28N2O2. The van der Waals surface area contributed by atoms with Crippen molar-refractivity contribution >= 4 is 6.09 Å².